The van der Waals surface area contributed by atoms with E-state index in [1.165, 1.54) is 83.5 Å². The van der Waals surface area contributed by atoms with Crippen LogP contribution in [-0.4, -0.2) is 11.1 Å². The first-order valence-electron chi connectivity index (χ1n) is 10.1. The van der Waals surface area contributed by atoms with Crippen LogP contribution in [0, 0.1) is 5.41 Å². The van der Waals surface area contributed by atoms with E-state index in [2.05, 4.69) is 20.8 Å². The van der Waals surface area contributed by atoms with E-state index in [1.54, 1.807) is 0 Å². The van der Waals surface area contributed by atoms with E-state index in [0.29, 0.717) is 11.8 Å². The highest BCUT2D eigenvalue weighted by molar-refractivity contribution is 5.66. The highest BCUT2D eigenvalue weighted by Gasteiger charge is 2.08. The van der Waals surface area contributed by atoms with Crippen LogP contribution in [0.15, 0.2) is 0 Å². The molecule has 0 heterocycles. The number of aliphatic carboxylic acids is 1. The summed E-state index contributed by atoms with van der Waals surface area (Å²) in [6.07, 6.45) is 20.1. The average Bonchev–Trinajstić information content (AvgIpc) is 2.45. The van der Waals surface area contributed by atoms with Crippen molar-refractivity contribution in [3.05, 3.63) is 0 Å². The summed E-state index contributed by atoms with van der Waals surface area (Å²) in [5.41, 5.74) is 0.510. The van der Waals surface area contributed by atoms with Gasteiger partial charge in [0.2, 0.25) is 0 Å². The molecule has 0 rings (SSSR count). The van der Waals surface area contributed by atoms with E-state index in [4.69, 9.17) is 5.11 Å². The van der Waals surface area contributed by atoms with Crippen molar-refractivity contribution in [2.75, 3.05) is 0 Å². The molecule has 0 amide bonds. The lowest BCUT2D eigenvalue weighted by molar-refractivity contribution is -0.137. The zero-order chi connectivity index (χ0) is 17.4. The van der Waals surface area contributed by atoms with Gasteiger partial charge in [-0.3, -0.25) is 4.79 Å². The molecule has 0 aromatic carbocycles. The van der Waals surface area contributed by atoms with Gasteiger partial charge >= 0.3 is 5.97 Å². The number of unbranched alkanes of at least 4 members (excludes halogenated alkanes) is 13. The zero-order valence-corrected chi connectivity index (χ0v) is 16.2. The SMILES string of the molecule is CC(C)(C)CCCCCCCCCCCCCCCCC(=O)O. The molecule has 0 spiro atoms. The fourth-order valence-corrected chi connectivity index (χ4v) is 3.05. The number of rotatable bonds is 16. The van der Waals surface area contributed by atoms with Crippen LogP contribution in [0.25, 0.3) is 0 Å². The van der Waals surface area contributed by atoms with Crippen molar-refractivity contribution in [1.29, 1.82) is 0 Å². The van der Waals surface area contributed by atoms with Gasteiger partial charge in [0.05, 0.1) is 0 Å². The summed E-state index contributed by atoms with van der Waals surface area (Å²) in [5, 5.41) is 8.55. The minimum absolute atomic E-state index is 0.343. The summed E-state index contributed by atoms with van der Waals surface area (Å²) in [7, 11) is 0. The Labute approximate surface area is 145 Å². The van der Waals surface area contributed by atoms with Crippen LogP contribution in [0.2, 0.25) is 0 Å². The summed E-state index contributed by atoms with van der Waals surface area (Å²) in [6, 6.07) is 0. The molecule has 138 valence electrons. The number of hydrogen-bond acceptors (Lipinski definition) is 1. The Kier molecular flexibility index (Phi) is 14.7. The summed E-state index contributed by atoms with van der Waals surface area (Å²) < 4.78 is 0. The van der Waals surface area contributed by atoms with Crippen molar-refractivity contribution in [3.8, 4) is 0 Å². The molecule has 2 nitrogen and oxygen atoms in total. The molecule has 0 aromatic heterocycles. The topological polar surface area (TPSA) is 37.3 Å². The largest absolute Gasteiger partial charge is 0.481 e. The van der Waals surface area contributed by atoms with E-state index < -0.39 is 5.97 Å². The molecule has 0 aliphatic heterocycles. The number of carboxylic acid groups (broad SMARTS) is 1. The molecular weight excluding hydrogens is 284 g/mol. The molecule has 0 aliphatic rings. The third-order valence-electron chi connectivity index (χ3n) is 4.57. The molecule has 0 atom stereocenters. The van der Waals surface area contributed by atoms with Crippen molar-refractivity contribution >= 4 is 5.97 Å². The van der Waals surface area contributed by atoms with Crippen molar-refractivity contribution < 1.29 is 9.90 Å². The summed E-state index contributed by atoms with van der Waals surface area (Å²) in [4.78, 5) is 10.4. The molecule has 0 bridgehead atoms. The average molecular weight is 327 g/mol. The lowest BCUT2D eigenvalue weighted by Gasteiger charge is -2.17. The number of carbonyl (C=O) groups is 1. The van der Waals surface area contributed by atoms with E-state index >= 15 is 0 Å². The van der Waals surface area contributed by atoms with Crippen LogP contribution < -0.4 is 0 Å². The minimum atomic E-state index is -0.654. The van der Waals surface area contributed by atoms with E-state index in [9.17, 15) is 4.79 Å². The van der Waals surface area contributed by atoms with Gasteiger partial charge in [0.1, 0.15) is 0 Å². The zero-order valence-electron chi connectivity index (χ0n) is 16.2. The Morgan fingerprint density at radius 2 is 0.913 bits per heavy atom. The molecular formula is C21H42O2. The van der Waals surface area contributed by atoms with Crippen LogP contribution in [0.4, 0.5) is 0 Å². The molecule has 0 unspecified atom stereocenters. The Morgan fingerprint density at radius 3 is 1.22 bits per heavy atom. The molecule has 0 radical (unpaired) electrons. The second-order valence-electron chi connectivity index (χ2n) is 8.40. The molecule has 0 aliphatic carbocycles. The van der Waals surface area contributed by atoms with Crippen LogP contribution >= 0.6 is 0 Å². The van der Waals surface area contributed by atoms with E-state index in [0.717, 1.165) is 12.8 Å². The third kappa shape index (κ3) is 21.5. The normalized spacial score (nSPS) is 11.8. The van der Waals surface area contributed by atoms with E-state index in [1.807, 2.05) is 0 Å². The minimum Gasteiger partial charge on any atom is -0.481 e. The van der Waals surface area contributed by atoms with Crippen molar-refractivity contribution in [2.45, 2.75) is 124 Å². The fourth-order valence-electron chi connectivity index (χ4n) is 3.05. The second-order valence-corrected chi connectivity index (χ2v) is 8.40. The van der Waals surface area contributed by atoms with Gasteiger partial charge in [0, 0.05) is 6.42 Å². The first-order valence-corrected chi connectivity index (χ1v) is 10.1. The molecule has 0 fully saturated rings. The standard InChI is InChI=1S/C21H42O2/c1-21(2,3)19-17-15-13-11-9-7-5-4-6-8-10-12-14-16-18-20(22)23/h4-19H2,1-3H3,(H,22,23). The van der Waals surface area contributed by atoms with Gasteiger partial charge in [-0.15, -0.1) is 0 Å². The second kappa shape index (κ2) is 15.0. The van der Waals surface area contributed by atoms with Crippen molar-refractivity contribution in [3.63, 3.8) is 0 Å². The summed E-state index contributed by atoms with van der Waals surface area (Å²) >= 11 is 0. The highest BCUT2D eigenvalue weighted by atomic mass is 16.4. The molecule has 0 aromatic rings. The quantitative estimate of drug-likeness (QED) is 0.301. The Morgan fingerprint density at radius 1 is 0.609 bits per heavy atom. The predicted molar refractivity (Wildman–Crippen MR) is 101 cm³/mol. The Bertz CT molecular complexity index is 266. The number of carboxylic acids is 1. The monoisotopic (exact) mass is 326 g/mol. The van der Waals surface area contributed by atoms with Crippen molar-refractivity contribution in [2.24, 2.45) is 5.41 Å². The molecule has 23 heavy (non-hydrogen) atoms. The number of hydrogen-bond donors (Lipinski definition) is 1. The van der Waals surface area contributed by atoms with Gasteiger partial charge < -0.3 is 5.11 Å². The van der Waals surface area contributed by atoms with Gasteiger partial charge in [-0.25, -0.2) is 0 Å². The van der Waals surface area contributed by atoms with Crippen LogP contribution in [-0.2, 0) is 4.79 Å². The maximum atomic E-state index is 10.4. The maximum absolute atomic E-state index is 10.4. The van der Waals surface area contributed by atoms with Gasteiger partial charge in [-0.1, -0.05) is 104 Å². The molecule has 0 saturated heterocycles. The summed E-state index contributed by atoms with van der Waals surface area (Å²) in [5.74, 6) is -0.654. The summed E-state index contributed by atoms with van der Waals surface area (Å²) in [6.45, 7) is 7.01. The van der Waals surface area contributed by atoms with E-state index in [-0.39, 0.29) is 0 Å². The van der Waals surface area contributed by atoms with Crippen molar-refractivity contribution in [1.82, 2.24) is 0 Å². The maximum Gasteiger partial charge on any atom is 0.303 e. The molecule has 0 saturated carbocycles. The van der Waals surface area contributed by atoms with Crippen LogP contribution in [0.3, 0.4) is 0 Å². The first kappa shape index (κ1) is 22.5. The van der Waals surface area contributed by atoms with Gasteiger partial charge in [-0.05, 0) is 18.3 Å². The van der Waals surface area contributed by atoms with Crippen LogP contribution in [0.5, 0.6) is 0 Å². The molecule has 1 N–H and O–H groups in total. The van der Waals surface area contributed by atoms with Crippen LogP contribution in [0.1, 0.15) is 124 Å². The lowest BCUT2D eigenvalue weighted by atomic mass is 9.89. The molecule has 2 heteroatoms. The fraction of sp³-hybridized carbons (Fsp3) is 0.952. The lowest BCUT2D eigenvalue weighted by Crippen LogP contribution is -2.03. The smallest absolute Gasteiger partial charge is 0.303 e. The van der Waals surface area contributed by atoms with Gasteiger partial charge in [0.25, 0.3) is 0 Å². The van der Waals surface area contributed by atoms with Gasteiger partial charge in [-0.2, -0.15) is 0 Å². The predicted octanol–water partition coefficient (Wildman–Crippen LogP) is 7.36. The highest BCUT2D eigenvalue weighted by Crippen LogP contribution is 2.22. The third-order valence-corrected chi connectivity index (χ3v) is 4.57. The Balaban J connectivity index is 3.04. The van der Waals surface area contributed by atoms with Gasteiger partial charge in [0.15, 0.2) is 0 Å². The first-order chi connectivity index (χ1) is 10.9. The Hall–Kier alpha value is -0.530.